The van der Waals surface area contributed by atoms with E-state index in [9.17, 15) is 4.79 Å². The lowest BCUT2D eigenvalue weighted by Gasteiger charge is -2.33. The van der Waals surface area contributed by atoms with Gasteiger partial charge in [0.05, 0.1) is 0 Å². The molecule has 2 nitrogen and oxygen atoms in total. The van der Waals surface area contributed by atoms with Crippen LogP contribution >= 0.6 is 0 Å². The number of hydrogen-bond acceptors (Lipinski definition) is 1. The first kappa shape index (κ1) is 14.2. The molecule has 0 fully saturated rings. The van der Waals surface area contributed by atoms with Gasteiger partial charge in [0.25, 0.3) is 0 Å². The lowest BCUT2D eigenvalue weighted by atomic mass is 9.82. The Bertz CT molecular complexity index is 252. The van der Waals surface area contributed by atoms with Crippen molar-refractivity contribution in [3.8, 4) is 0 Å². The van der Waals surface area contributed by atoms with Gasteiger partial charge in [0.15, 0.2) is 0 Å². The van der Waals surface area contributed by atoms with E-state index in [1.165, 1.54) is 0 Å². The number of nitrogens with one attached hydrogen (secondary N) is 1. The molecule has 15 heavy (non-hydrogen) atoms. The summed E-state index contributed by atoms with van der Waals surface area (Å²) in [4.78, 5) is 11.6. The summed E-state index contributed by atoms with van der Waals surface area (Å²) in [5.41, 5.74) is 1.10. The Morgan fingerprint density at radius 3 is 1.93 bits per heavy atom. The fourth-order valence-electron chi connectivity index (χ4n) is 2.00. The largest absolute Gasteiger partial charge is 0.348 e. The van der Waals surface area contributed by atoms with Crippen molar-refractivity contribution in [2.75, 3.05) is 0 Å². The van der Waals surface area contributed by atoms with Crippen molar-refractivity contribution in [1.82, 2.24) is 5.32 Å². The summed E-state index contributed by atoms with van der Waals surface area (Å²) in [6.45, 7) is 14.5. The van der Waals surface area contributed by atoms with Gasteiger partial charge < -0.3 is 5.32 Å². The highest BCUT2D eigenvalue weighted by Gasteiger charge is 2.26. The molecule has 0 heterocycles. The van der Waals surface area contributed by atoms with Crippen LogP contribution in [0, 0.1) is 5.41 Å². The van der Waals surface area contributed by atoms with Gasteiger partial charge >= 0.3 is 0 Å². The van der Waals surface area contributed by atoms with E-state index in [0.29, 0.717) is 0 Å². The van der Waals surface area contributed by atoms with Crippen LogP contribution in [0.5, 0.6) is 0 Å². The Morgan fingerprint density at radius 1 is 1.13 bits per heavy atom. The molecule has 1 amide bonds. The molecule has 0 radical (unpaired) electrons. The first-order chi connectivity index (χ1) is 6.52. The molecule has 0 aliphatic heterocycles. The zero-order chi connectivity index (χ0) is 12.3. The fourth-order valence-corrected chi connectivity index (χ4v) is 2.00. The summed E-state index contributed by atoms with van der Waals surface area (Å²) >= 11 is 0. The molecule has 0 rings (SSSR count). The Morgan fingerprint density at radius 2 is 1.60 bits per heavy atom. The highest BCUT2D eigenvalue weighted by Crippen LogP contribution is 2.26. The highest BCUT2D eigenvalue weighted by molar-refractivity contribution is 5.88. The van der Waals surface area contributed by atoms with Crippen LogP contribution in [0.3, 0.4) is 0 Å². The second-order valence-corrected chi connectivity index (χ2v) is 6.33. The van der Waals surface area contributed by atoms with Crippen LogP contribution in [0.4, 0.5) is 0 Å². The van der Waals surface area contributed by atoms with Crippen LogP contribution in [0.25, 0.3) is 0 Å². The van der Waals surface area contributed by atoms with Gasteiger partial charge in [-0.3, -0.25) is 4.79 Å². The summed E-state index contributed by atoms with van der Waals surface area (Å²) in [5, 5.41) is 3.03. The average Bonchev–Trinajstić information content (AvgIpc) is 1.73. The molecule has 0 saturated carbocycles. The molecule has 0 spiro atoms. The van der Waals surface area contributed by atoms with Crippen molar-refractivity contribution in [2.24, 2.45) is 5.41 Å². The molecule has 2 heteroatoms. The van der Waals surface area contributed by atoms with Crippen molar-refractivity contribution in [3.63, 3.8) is 0 Å². The first-order valence-electron chi connectivity index (χ1n) is 5.49. The van der Waals surface area contributed by atoms with E-state index in [1.54, 1.807) is 6.08 Å². The van der Waals surface area contributed by atoms with E-state index in [0.717, 1.165) is 12.0 Å². The Labute approximate surface area is 94.1 Å². The molecule has 0 aromatic carbocycles. The summed E-state index contributed by atoms with van der Waals surface area (Å²) in [6, 6.07) is 0. The van der Waals surface area contributed by atoms with Gasteiger partial charge in [0, 0.05) is 11.6 Å². The van der Waals surface area contributed by atoms with E-state index in [4.69, 9.17) is 0 Å². The predicted octanol–water partition coefficient (Wildman–Crippen LogP) is 3.28. The van der Waals surface area contributed by atoms with E-state index in [-0.39, 0.29) is 16.9 Å². The SMILES string of the molecule is CC(C)=CC(=O)NC(C)(C)CC(C)(C)C. The van der Waals surface area contributed by atoms with Crippen LogP contribution < -0.4 is 5.32 Å². The number of allylic oxidation sites excluding steroid dienone is 1. The van der Waals surface area contributed by atoms with Crippen LogP contribution in [-0.2, 0) is 4.79 Å². The maximum atomic E-state index is 11.6. The van der Waals surface area contributed by atoms with Gasteiger partial charge in [-0.1, -0.05) is 26.3 Å². The second-order valence-electron chi connectivity index (χ2n) is 6.33. The molecule has 0 aliphatic carbocycles. The molecule has 0 saturated heterocycles. The first-order valence-corrected chi connectivity index (χ1v) is 5.49. The molecule has 0 unspecified atom stereocenters. The summed E-state index contributed by atoms with van der Waals surface area (Å²) in [6.07, 6.45) is 2.60. The van der Waals surface area contributed by atoms with Crippen LogP contribution in [-0.4, -0.2) is 11.4 Å². The number of amides is 1. The molecule has 0 bridgehead atoms. The Balaban J connectivity index is 4.39. The zero-order valence-corrected chi connectivity index (χ0v) is 11.2. The molecule has 1 N–H and O–H groups in total. The zero-order valence-electron chi connectivity index (χ0n) is 11.2. The van der Waals surface area contributed by atoms with E-state index in [2.05, 4.69) is 39.9 Å². The average molecular weight is 211 g/mol. The minimum absolute atomic E-state index is 0.00394. The molecular weight excluding hydrogens is 186 g/mol. The predicted molar refractivity (Wildman–Crippen MR) is 65.7 cm³/mol. The van der Waals surface area contributed by atoms with Crippen molar-refractivity contribution >= 4 is 5.91 Å². The summed E-state index contributed by atoms with van der Waals surface area (Å²) in [5.74, 6) is 0.00394. The van der Waals surface area contributed by atoms with E-state index >= 15 is 0 Å². The maximum absolute atomic E-state index is 11.6. The summed E-state index contributed by atoms with van der Waals surface area (Å²) < 4.78 is 0. The minimum Gasteiger partial charge on any atom is -0.348 e. The minimum atomic E-state index is -0.152. The third-order valence-corrected chi connectivity index (χ3v) is 1.85. The number of hydrogen-bond donors (Lipinski definition) is 1. The third kappa shape index (κ3) is 8.22. The smallest absolute Gasteiger partial charge is 0.244 e. The number of rotatable bonds is 3. The molecule has 0 atom stereocenters. The number of carbonyl (C=O) groups excluding carboxylic acids is 1. The monoisotopic (exact) mass is 211 g/mol. The maximum Gasteiger partial charge on any atom is 0.244 e. The van der Waals surface area contributed by atoms with E-state index in [1.807, 2.05) is 13.8 Å². The third-order valence-electron chi connectivity index (χ3n) is 1.85. The topological polar surface area (TPSA) is 29.1 Å². The Kier molecular flexibility index (Phi) is 4.57. The Hall–Kier alpha value is -0.790. The second kappa shape index (κ2) is 4.82. The van der Waals surface area contributed by atoms with Gasteiger partial charge in [-0.05, 0) is 39.5 Å². The van der Waals surface area contributed by atoms with Crippen molar-refractivity contribution in [2.45, 2.75) is 60.4 Å². The quantitative estimate of drug-likeness (QED) is 0.713. The van der Waals surface area contributed by atoms with Gasteiger partial charge in [0.1, 0.15) is 0 Å². The lowest BCUT2D eigenvalue weighted by Crippen LogP contribution is -2.45. The normalized spacial score (nSPS) is 12.2. The van der Waals surface area contributed by atoms with Crippen LogP contribution in [0.1, 0.15) is 54.9 Å². The van der Waals surface area contributed by atoms with Gasteiger partial charge in [-0.25, -0.2) is 0 Å². The molecule has 0 aromatic rings. The molecule has 88 valence electrons. The molecular formula is C13H25NO. The van der Waals surface area contributed by atoms with Crippen molar-refractivity contribution in [1.29, 1.82) is 0 Å². The van der Waals surface area contributed by atoms with Crippen LogP contribution in [0.15, 0.2) is 11.6 Å². The van der Waals surface area contributed by atoms with Gasteiger partial charge in [-0.2, -0.15) is 0 Å². The highest BCUT2D eigenvalue weighted by atomic mass is 16.1. The molecule has 0 aromatic heterocycles. The summed E-state index contributed by atoms with van der Waals surface area (Å²) in [7, 11) is 0. The van der Waals surface area contributed by atoms with Crippen LogP contribution in [0.2, 0.25) is 0 Å². The number of carbonyl (C=O) groups is 1. The fraction of sp³-hybridized carbons (Fsp3) is 0.769. The standard InChI is InChI=1S/C13H25NO/c1-10(2)8-11(15)14-13(6,7)9-12(3,4)5/h8H,9H2,1-7H3,(H,14,15). The van der Waals surface area contributed by atoms with E-state index < -0.39 is 0 Å². The van der Waals surface area contributed by atoms with Crippen molar-refractivity contribution in [3.05, 3.63) is 11.6 Å². The molecule has 0 aliphatic rings. The van der Waals surface area contributed by atoms with Crippen molar-refractivity contribution < 1.29 is 4.79 Å². The van der Waals surface area contributed by atoms with Gasteiger partial charge in [0.2, 0.25) is 5.91 Å². The van der Waals surface area contributed by atoms with Gasteiger partial charge in [-0.15, -0.1) is 0 Å². The lowest BCUT2D eigenvalue weighted by molar-refractivity contribution is -0.118.